The second kappa shape index (κ2) is 3.31. The van der Waals surface area contributed by atoms with Crippen LogP contribution in [0, 0.1) is 5.82 Å². The Bertz CT molecular complexity index is 404. The number of para-hydroxylation sites is 1. The van der Waals surface area contributed by atoms with Gasteiger partial charge in [-0.3, -0.25) is 4.79 Å². The summed E-state index contributed by atoms with van der Waals surface area (Å²) in [5, 5.41) is 0. The molecule has 1 aromatic rings. The molecule has 2 rings (SSSR count). The zero-order valence-electron chi connectivity index (χ0n) is 6.89. The van der Waals surface area contributed by atoms with Crippen LogP contribution in [-0.4, -0.2) is 15.6 Å². The SMILES string of the molecule is O=C1c2cccc(F)c2OCC1(Br)Br. The molecule has 0 N–H and O–H groups in total. The Labute approximate surface area is 96.7 Å². The lowest BCUT2D eigenvalue weighted by atomic mass is 10.0. The van der Waals surface area contributed by atoms with Crippen molar-refractivity contribution in [2.75, 3.05) is 6.61 Å². The molecule has 0 atom stereocenters. The molecule has 0 spiro atoms. The van der Waals surface area contributed by atoms with Gasteiger partial charge in [0.25, 0.3) is 0 Å². The molecule has 5 heteroatoms. The van der Waals surface area contributed by atoms with Crippen LogP contribution in [0.1, 0.15) is 10.4 Å². The van der Waals surface area contributed by atoms with E-state index in [0.717, 1.165) is 0 Å². The van der Waals surface area contributed by atoms with Crippen LogP contribution < -0.4 is 4.74 Å². The lowest BCUT2D eigenvalue weighted by molar-refractivity contribution is 0.0929. The lowest BCUT2D eigenvalue weighted by Crippen LogP contribution is -2.36. The number of fused-ring (bicyclic) bond motifs is 1. The van der Waals surface area contributed by atoms with Crippen LogP contribution in [0.5, 0.6) is 5.75 Å². The third kappa shape index (κ3) is 1.48. The number of benzene rings is 1. The first-order valence-electron chi connectivity index (χ1n) is 3.86. The van der Waals surface area contributed by atoms with Crippen molar-refractivity contribution in [3.63, 3.8) is 0 Å². The monoisotopic (exact) mass is 322 g/mol. The van der Waals surface area contributed by atoms with E-state index in [4.69, 9.17) is 4.74 Å². The van der Waals surface area contributed by atoms with Crippen LogP contribution in [0.2, 0.25) is 0 Å². The van der Waals surface area contributed by atoms with E-state index < -0.39 is 9.05 Å². The maximum Gasteiger partial charge on any atom is 0.197 e. The fourth-order valence-electron chi connectivity index (χ4n) is 1.26. The Kier molecular flexibility index (Phi) is 2.39. The fraction of sp³-hybridized carbons (Fsp3) is 0.222. The molecule has 0 bridgehead atoms. The van der Waals surface area contributed by atoms with Crippen LogP contribution in [-0.2, 0) is 0 Å². The van der Waals surface area contributed by atoms with Crippen molar-refractivity contribution < 1.29 is 13.9 Å². The number of halogens is 3. The molecule has 0 fully saturated rings. The number of ketones is 1. The van der Waals surface area contributed by atoms with Gasteiger partial charge in [-0.2, -0.15) is 0 Å². The highest BCUT2D eigenvalue weighted by Crippen LogP contribution is 2.39. The molecule has 1 aromatic carbocycles. The van der Waals surface area contributed by atoms with Gasteiger partial charge in [-0.15, -0.1) is 0 Å². The summed E-state index contributed by atoms with van der Waals surface area (Å²) in [7, 11) is 0. The van der Waals surface area contributed by atoms with E-state index in [9.17, 15) is 9.18 Å². The van der Waals surface area contributed by atoms with Crippen LogP contribution in [0.25, 0.3) is 0 Å². The van der Waals surface area contributed by atoms with E-state index in [1.54, 1.807) is 0 Å². The van der Waals surface area contributed by atoms with Crippen LogP contribution in [0.15, 0.2) is 18.2 Å². The van der Waals surface area contributed by atoms with Gasteiger partial charge in [-0.25, -0.2) is 4.39 Å². The molecule has 0 aromatic heterocycles. The molecule has 1 heterocycles. The molecule has 0 unspecified atom stereocenters. The Hall–Kier alpha value is -0.420. The summed E-state index contributed by atoms with van der Waals surface area (Å²) in [6.45, 7) is 0.0692. The van der Waals surface area contributed by atoms with E-state index in [1.165, 1.54) is 18.2 Å². The van der Waals surface area contributed by atoms with Gasteiger partial charge in [0.15, 0.2) is 20.6 Å². The highest BCUT2D eigenvalue weighted by atomic mass is 79.9. The number of hydrogen-bond donors (Lipinski definition) is 0. The largest absolute Gasteiger partial charge is 0.487 e. The summed E-state index contributed by atoms with van der Waals surface area (Å²) in [6.07, 6.45) is 0. The number of rotatable bonds is 0. The highest BCUT2D eigenvalue weighted by molar-refractivity contribution is 9.26. The number of ether oxygens (including phenoxy) is 1. The van der Waals surface area contributed by atoms with Gasteiger partial charge in [-0.1, -0.05) is 37.9 Å². The van der Waals surface area contributed by atoms with Gasteiger partial charge < -0.3 is 4.74 Å². The molecule has 0 saturated heterocycles. The standard InChI is InChI=1S/C9H5Br2FO2/c10-9(11)4-14-7-5(8(9)13)2-1-3-6(7)12/h1-3H,4H2. The molecular formula is C9H5Br2FO2. The Morgan fingerprint density at radius 1 is 1.43 bits per heavy atom. The predicted molar refractivity (Wildman–Crippen MR) is 56.8 cm³/mol. The Morgan fingerprint density at radius 3 is 2.86 bits per heavy atom. The molecule has 1 aliphatic rings. The Balaban J connectivity index is 2.57. The summed E-state index contributed by atoms with van der Waals surface area (Å²) in [5.74, 6) is -0.698. The second-order valence-electron chi connectivity index (χ2n) is 2.94. The molecule has 0 saturated carbocycles. The van der Waals surface area contributed by atoms with Crippen molar-refractivity contribution >= 4 is 37.6 Å². The van der Waals surface area contributed by atoms with Crippen LogP contribution in [0.3, 0.4) is 0 Å². The van der Waals surface area contributed by atoms with Crippen molar-refractivity contribution in [1.82, 2.24) is 0 Å². The summed E-state index contributed by atoms with van der Waals surface area (Å²) >= 11 is 6.34. The molecule has 0 aliphatic carbocycles. The van der Waals surface area contributed by atoms with Crippen LogP contribution >= 0.6 is 31.9 Å². The van der Waals surface area contributed by atoms with Gasteiger partial charge in [0.05, 0.1) is 5.56 Å². The van der Waals surface area contributed by atoms with Crippen molar-refractivity contribution in [2.24, 2.45) is 0 Å². The second-order valence-corrected chi connectivity index (χ2v) is 6.71. The van der Waals surface area contributed by atoms with Gasteiger partial charge in [0, 0.05) is 0 Å². The molecule has 0 amide bonds. The Morgan fingerprint density at radius 2 is 2.14 bits per heavy atom. The average Bonchev–Trinajstić information content (AvgIpc) is 2.13. The highest BCUT2D eigenvalue weighted by Gasteiger charge is 2.40. The molecule has 74 valence electrons. The fourth-order valence-corrected chi connectivity index (χ4v) is 1.92. The summed E-state index contributed by atoms with van der Waals surface area (Å²) in [5.41, 5.74) is 0.255. The quantitative estimate of drug-likeness (QED) is 0.686. The van der Waals surface area contributed by atoms with Crippen molar-refractivity contribution in [3.8, 4) is 5.75 Å². The molecule has 1 aliphatic heterocycles. The van der Waals surface area contributed by atoms with E-state index in [0.29, 0.717) is 0 Å². The number of hydrogen-bond acceptors (Lipinski definition) is 2. The average molecular weight is 324 g/mol. The van der Waals surface area contributed by atoms with Crippen molar-refractivity contribution in [2.45, 2.75) is 3.23 Å². The molecular weight excluding hydrogens is 319 g/mol. The summed E-state index contributed by atoms with van der Waals surface area (Å²) < 4.78 is 17.4. The minimum absolute atomic E-state index is 0.0343. The van der Waals surface area contributed by atoms with E-state index >= 15 is 0 Å². The number of carbonyl (C=O) groups is 1. The van der Waals surface area contributed by atoms with Gasteiger partial charge in [0.2, 0.25) is 0 Å². The maximum atomic E-state index is 13.2. The smallest absolute Gasteiger partial charge is 0.197 e. The lowest BCUT2D eigenvalue weighted by Gasteiger charge is -2.26. The maximum absolute atomic E-state index is 13.2. The first-order valence-corrected chi connectivity index (χ1v) is 5.45. The number of Topliss-reactive ketones (excluding diaryl/α,β-unsaturated/α-hetero) is 1. The first-order chi connectivity index (χ1) is 6.52. The topological polar surface area (TPSA) is 26.3 Å². The molecule has 14 heavy (non-hydrogen) atoms. The van der Waals surface area contributed by atoms with Gasteiger partial charge in [-0.05, 0) is 12.1 Å². The summed E-state index contributed by atoms with van der Waals surface area (Å²) in [6, 6.07) is 4.29. The zero-order valence-corrected chi connectivity index (χ0v) is 10.1. The van der Waals surface area contributed by atoms with E-state index in [2.05, 4.69) is 31.9 Å². The van der Waals surface area contributed by atoms with Gasteiger partial charge in [0.1, 0.15) is 6.61 Å². The first kappa shape index (κ1) is 10.1. The minimum atomic E-state index is -0.930. The van der Waals surface area contributed by atoms with E-state index in [1.807, 2.05) is 0 Å². The third-order valence-electron chi connectivity index (χ3n) is 1.94. The van der Waals surface area contributed by atoms with Crippen molar-refractivity contribution in [1.29, 1.82) is 0 Å². The number of alkyl halides is 2. The van der Waals surface area contributed by atoms with Crippen molar-refractivity contribution in [3.05, 3.63) is 29.6 Å². The van der Waals surface area contributed by atoms with Gasteiger partial charge >= 0.3 is 0 Å². The van der Waals surface area contributed by atoms with Crippen LogP contribution in [0.4, 0.5) is 4.39 Å². The minimum Gasteiger partial charge on any atom is -0.487 e. The molecule has 2 nitrogen and oxygen atoms in total. The third-order valence-corrected chi connectivity index (χ3v) is 3.12. The number of carbonyl (C=O) groups excluding carboxylic acids is 1. The van der Waals surface area contributed by atoms with E-state index in [-0.39, 0.29) is 23.7 Å². The zero-order chi connectivity index (χ0) is 10.3. The summed E-state index contributed by atoms with van der Waals surface area (Å²) in [4.78, 5) is 11.8. The molecule has 0 radical (unpaired) electrons. The predicted octanol–water partition coefficient (Wildman–Crippen LogP) is 2.89. The normalized spacial score (nSPS) is 18.6.